The molecule has 0 amide bonds. The molecule has 0 aromatic carbocycles. The zero-order chi connectivity index (χ0) is 51.8. The summed E-state index contributed by atoms with van der Waals surface area (Å²) < 4.78 is 46.6. The Labute approximate surface area is 413 Å². The lowest BCUT2D eigenvalue weighted by atomic mass is 9.98. The Kier molecular flexibility index (Phi) is 29.8. The number of unbranched alkanes of at least 4 members (excludes halogenated alkanes) is 12. The summed E-state index contributed by atoms with van der Waals surface area (Å²) in [5.74, 6) is -2.54. The van der Waals surface area contributed by atoms with Crippen LogP contribution in [0.15, 0.2) is 0 Å². The summed E-state index contributed by atoms with van der Waals surface area (Å²) in [5.41, 5.74) is 0. The van der Waals surface area contributed by atoms with E-state index in [0.29, 0.717) is 38.5 Å². The Hall–Kier alpha value is -2.19. The number of carboxylic acid groups (broad SMARTS) is 1. The third-order valence-corrected chi connectivity index (χ3v) is 13.1. The standard InChI is InChI=1S/C49H88O21/c1-5-6-20-31(21-19-24-33(52)32(51)22-17-15-13-11-9-7-8-10-12-14-16-18-23-34(53)46(61)62)67-48-44(39(56)35(54)26-64-48)70-49-45(41(58)37(28-65-49)66-30(4)50)69-47-43(60)42(59)40(57)36(68-47)27-63-38(55)25-29(2)3/h29,31-37,39-45,47-49,51-54,56-60H,5-28H2,1-4H3,(H,61,62)/t31?,32?,33?,34?,35-,36-,37-,39+,40-,41+,42+,43-,44-,45-,47+,48+,49+/m1/s1. The first-order valence-corrected chi connectivity index (χ1v) is 25.9. The molecule has 0 saturated carbocycles. The molecule has 3 aliphatic heterocycles. The van der Waals surface area contributed by atoms with Gasteiger partial charge in [-0.1, -0.05) is 111 Å². The van der Waals surface area contributed by atoms with Gasteiger partial charge in [-0.3, -0.25) is 9.59 Å². The van der Waals surface area contributed by atoms with E-state index >= 15 is 0 Å². The van der Waals surface area contributed by atoms with Gasteiger partial charge in [0.05, 0.1) is 31.5 Å². The lowest BCUT2D eigenvalue weighted by molar-refractivity contribution is -0.380. The maximum atomic E-state index is 12.3. The number of hydrogen-bond acceptors (Lipinski definition) is 20. The molecule has 3 aliphatic rings. The van der Waals surface area contributed by atoms with Gasteiger partial charge in [0.15, 0.2) is 31.1 Å². The minimum Gasteiger partial charge on any atom is -0.479 e. The third kappa shape index (κ3) is 22.1. The van der Waals surface area contributed by atoms with E-state index in [1.165, 1.54) is 0 Å². The third-order valence-electron chi connectivity index (χ3n) is 13.1. The van der Waals surface area contributed by atoms with Gasteiger partial charge in [0, 0.05) is 13.3 Å². The normalized spacial score (nSPS) is 31.2. The van der Waals surface area contributed by atoms with E-state index < -0.39 is 135 Å². The number of carboxylic acids is 1. The highest BCUT2D eigenvalue weighted by Gasteiger charge is 2.52. The average Bonchev–Trinajstić information content (AvgIpc) is 3.31. The molecule has 0 radical (unpaired) electrons. The predicted molar refractivity (Wildman–Crippen MR) is 248 cm³/mol. The number of carbonyl (C=O) groups is 3. The van der Waals surface area contributed by atoms with Crippen LogP contribution >= 0.6 is 0 Å². The van der Waals surface area contributed by atoms with Crippen molar-refractivity contribution >= 4 is 17.9 Å². The number of hydrogen-bond donors (Lipinski definition) is 10. The van der Waals surface area contributed by atoms with E-state index in [1.54, 1.807) is 0 Å². The average molecular weight is 1010 g/mol. The van der Waals surface area contributed by atoms with Crippen molar-refractivity contribution in [3.63, 3.8) is 0 Å². The zero-order valence-corrected chi connectivity index (χ0v) is 41.8. The lowest BCUT2D eigenvalue weighted by Crippen LogP contribution is -2.65. The summed E-state index contributed by atoms with van der Waals surface area (Å²) in [6.07, 6.45) is -7.89. The topological polar surface area (TPSA) is 327 Å². The monoisotopic (exact) mass is 1010 g/mol. The smallest absolute Gasteiger partial charge is 0.332 e. The van der Waals surface area contributed by atoms with Crippen LogP contribution in [-0.4, -0.2) is 193 Å². The quantitative estimate of drug-likeness (QED) is 0.0321. The Balaban J connectivity index is 1.53. The number of aliphatic hydroxyl groups is 9. The Bertz CT molecular complexity index is 1440. The van der Waals surface area contributed by atoms with Crippen LogP contribution in [-0.2, 0) is 52.3 Å². The summed E-state index contributed by atoms with van der Waals surface area (Å²) in [7, 11) is 0. The van der Waals surface area contributed by atoms with Gasteiger partial charge < -0.3 is 89.0 Å². The van der Waals surface area contributed by atoms with Gasteiger partial charge >= 0.3 is 17.9 Å². The van der Waals surface area contributed by atoms with Crippen molar-refractivity contribution in [3.05, 3.63) is 0 Å². The van der Waals surface area contributed by atoms with Crippen molar-refractivity contribution < 1.29 is 103 Å². The van der Waals surface area contributed by atoms with E-state index in [2.05, 4.69) is 0 Å². The molecule has 3 fully saturated rings. The van der Waals surface area contributed by atoms with E-state index in [0.717, 1.165) is 96.8 Å². The number of aliphatic hydroxyl groups excluding tert-OH is 9. The van der Waals surface area contributed by atoms with Crippen molar-refractivity contribution in [3.8, 4) is 0 Å². The molecule has 0 aliphatic carbocycles. The Morgan fingerprint density at radius 2 is 1.13 bits per heavy atom. The van der Waals surface area contributed by atoms with Gasteiger partial charge in [0.25, 0.3) is 0 Å². The van der Waals surface area contributed by atoms with Crippen molar-refractivity contribution in [1.82, 2.24) is 0 Å². The molecule has 0 spiro atoms. The lowest BCUT2D eigenvalue weighted by Gasteiger charge is -2.46. The van der Waals surface area contributed by atoms with Gasteiger partial charge in [-0.25, -0.2) is 4.79 Å². The summed E-state index contributed by atoms with van der Waals surface area (Å²) in [4.78, 5) is 34.9. The Morgan fingerprint density at radius 3 is 1.70 bits per heavy atom. The van der Waals surface area contributed by atoms with Gasteiger partial charge in [-0.05, 0) is 44.4 Å². The van der Waals surface area contributed by atoms with Crippen LogP contribution in [0.4, 0.5) is 0 Å². The Morgan fingerprint density at radius 1 is 0.600 bits per heavy atom. The first-order valence-electron chi connectivity index (χ1n) is 25.9. The van der Waals surface area contributed by atoms with Crippen LogP contribution in [0.1, 0.15) is 163 Å². The number of carbonyl (C=O) groups excluding carboxylic acids is 2. The highest BCUT2D eigenvalue weighted by Crippen LogP contribution is 2.33. The van der Waals surface area contributed by atoms with Crippen LogP contribution in [0.2, 0.25) is 0 Å². The fourth-order valence-electron chi connectivity index (χ4n) is 8.83. The summed E-state index contributed by atoms with van der Waals surface area (Å²) in [6, 6.07) is 0. The molecule has 10 N–H and O–H groups in total. The molecular weight excluding hydrogens is 925 g/mol. The molecule has 4 unspecified atom stereocenters. The molecule has 410 valence electrons. The highest BCUT2D eigenvalue weighted by atomic mass is 16.8. The van der Waals surface area contributed by atoms with Crippen LogP contribution < -0.4 is 0 Å². The van der Waals surface area contributed by atoms with E-state index in [4.69, 9.17) is 43.0 Å². The molecule has 17 atom stereocenters. The van der Waals surface area contributed by atoms with Gasteiger partial charge in [0.1, 0.15) is 61.5 Å². The molecule has 21 heteroatoms. The number of rotatable bonds is 35. The van der Waals surface area contributed by atoms with E-state index in [1.807, 2.05) is 20.8 Å². The molecule has 0 bridgehead atoms. The van der Waals surface area contributed by atoms with Crippen LogP contribution in [0.5, 0.6) is 0 Å². The minimum atomic E-state index is -1.91. The van der Waals surface area contributed by atoms with Gasteiger partial charge in [-0.2, -0.15) is 0 Å². The minimum absolute atomic E-state index is 0.0270. The molecular formula is C49H88O21. The SMILES string of the molecule is CCCCC(CCCC(O)C(O)CCCCCCCCCCCCCCC(O)C(=O)O)O[C@@H]1OC[C@@H](O)[C@H](O)[C@H]1O[C@@H]1OC[C@@H](OC(C)=O)[C@H](O)[C@H]1O[C@@H]1O[C@H](COC(=O)CC(C)C)[C@@H](O)[C@H](O)[C@H]1O. The number of esters is 2. The van der Waals surface area contributed by atoms with Crippen LogP contribution in [0, 0.1) is 5.92 Å². The first kappa shape index (κ1) is 62.1. The zero-order valence-electron chi connectivity index (χ0n) is 41.8. The first-order chi connectivity index (χ1) is 33.3. The van der Waals surface area contributed by atoms with E-state index in [9.17, 15) is 60.3 Å². The van der Waals surface area contributed by atoms with Crippen molar-refractivity contribution in [1.29, 1.82) is 0 Å². The van der Waals surface area contributed by atoms with Crippen LogP contribution in [0.3, 0.4) is 0 Å². The molecule has 3 saturated heterocycles. The fraction of sp³-hybridized carbons (Fsp3) is 0.939. The maximum absolute atomic E-state index is 12.3. The fourth-order valence-corrected chi connectivity index (χ4v) is 8.83. The van der Waals surface area contributed by atoms with Gasteiger partial charge in [0.2, 0.25) is 0 Å². The van der Waals surface area contributed by atoms with Gasteiger partial charge in [-0.15, -0.1) is 0 Å². The second-order valence-corrected chi connectivity index (χ2v) is 19.7. The summed E-state index contributed by atoms with van der Waals surface area (Å²) in [6.45, 7) is 5.49. The van der Waals surface area contributed by atoms with Crippen molar-refractivity contribution in [2.75, 3.05) is 19.8 Å². The second-order valence-electron chi connectivity index (χ2n) is 19.7. The largest absolute Gasteiger partial charge is 0.479 e. The molecule has 70 heavy (non-hydrogen) atoms. The predicted octanol–water partition coefficient (Wildman–Crippen LogP) is 2.26. The number of aliphatic carboxylic acids is 1. The van der Waals surface area contributed by atoms with E-state index in [-0.39, 0.29) is 18.9 Å². The molecule has 0 aromatic heterocycles. The molecule has 3 rings (SSSR count). The highest BCUT2D eigenvalue weighted by molar-refractivity contribution is 5.71. The number of ether oxygens (including phenoxy) is 8. The van der Waals surface area contributed by atoms with Crippen molar-refractivity contribution in [2.24, 2.45) is 5.92 Å². The second kappa shape index (κ2) is 33.6. The van der Waals surface area contributed by atoms with Crippen molar-refractivity contribution in [2.45, 2.75) is 267 Å². The summed E-state index contributed by atoms with van der Waals surface area (Å²) >= 11 is 0. The molecule has 0 aromatic rings. The molecule has 3 heterocycles. The molecule has 21 nitrogen and oxygen atoms in total. The van der Waals surface area contributed by atoms with Crippen LogP contribution in [0.25, 0.3) is 0 Å². The summed E-state index contributed by atoms with van der Waals surface area (Å²) in [5, 5.41) is 105. The maximum Gasteiger partial charge on any atom is 0.332 e.